The highest BCUT2D eigenvalue weighted by molar-refractivity contribution is 5.42. The van der Waals surface area contributed by atoms with Crippen LogP contribution < -0.4 is 10.2 Å². The van der Waals surface area contributed by atoms with Gasteiger partial charge in [-0.2, -0.15) is 0 Å². The van der Waals surface area contributed by atoms with Crippen LogP contribution in [0.25, 0.3) is 0 Å². The van der Waals surface area contributed by atoms with Gasteiger partial charge in [0.1, 0.15) is 0 Å². The molecule has 19 heavy (non-hydrogen) atoms. The molecular formula is C15H24FN3. The van der Waals surface area contributed by atoms with E-state index in [-0.39, 0.29) is 5.82 Å². The molecule has 1 aliphatic carbocycles. The number of pyridine rings is 1. The predicted molar refractivity (Wildman–Crippen MR) is 76.8 cm³/mol. The Balaban J connectivity index is 2.00. The molecule has 1 fully saturated rings. The van der Waals surface area contributed by atoms with E-state index in [0.29, 0.717) is 29.9 Å². The Morgan fingerprint density at radius 1 is 1.47 bits per heavy atom. The first-order valence-electron chi connectivity index (χ1n) is 7.16. The molecule has 0 bridgehead atoms. The number of rotatable bonds is 7. The molecule has 1 aromatic rings. The van der Waals surface area contributed by atoms with Gasteiger partial charge in [0.05, 0.1) is 0 Å². The molecule has 0 spiro atoms. The lowest BCUT2D eigenvalue weighted by Crippen LogP contribution is -2.23. The van der Waals surface area contributed by atoms with Crippen molar-refractivity contribution in [1.29, 1.82) is 0 Å². The van der Waals surface area contributed by atoms with E-state index in [2.05, 4.69) is 24.1 Å². The SMILES string of the molecule is CC(C)CCN(C)c1nccc(CNC2CC2)c1F. The van der Waals surface area contributed by atoms with Crippen LogP contribution in [0.1, 0.15) is 38.7 Å². The molecule has 1 aliphatic rings. The van der Waals surface area contributed by atoms with Crippen molar-refractivity contribution < 1.29 is 4.39 Å². The summed E-state index contributed by atoms with van der Waals surface area (Å²) in [5.74, 6) is 0.905. The van der Waals surface area contributed by atoms with Crippen LogP contribution in [0.2, 0.25) is 0 Å². The van der Waals surface area contributed by atoms with E-state index < -0.39 is 0 Å². The fourth-order valence-electron chi connectivity index (χ4n) is 1.97. The fraction of sp³-hybridized carbons (Fsp3) is 0.667. The second-order valence-electron chi connectivity index (χ2n) is 5.87. The molecule has 2 rings (SSSR count). The van der Waals surface area contributed by atoms with Crippen LogP contribution in [0.3, 0.4) is 0 Å². The maximum Gasteiger partial charge on any atom is 0.170 e. The van der Waals surface area contributed by atoms with Gasteiger partial charge in [0.15, 0.2) is 11.6 Å². The zero-order chi connectivity index (χ0) is 13.8. The number of hydrogen-bond donors (Lipinski definition) is 1. The molecule has 1 heterocycles. The van der Waals surface area contributed by atoms with Crippen LogP contribution in [-0.2, 0) is 6.54 Å². The highest BCUT2D eigenvalue weighted by Crippen LogP contribution is 2.22. The van der Waals surface area contributed by atoms with Gasteiger partial charge in [-0.05, 0) is 31.2 Å². The summed E-state index contributed by atoms with van der Waals surface area (Å²) >= 11 is 0. The summed E-state index contributed by atoms with van der Waals surface area (Å²) in [6.07, 6.45) is 5.18. The molecule has 0 aliphatic heterocycles. The van der Waals surface area contributed by atoms with Gasteiger partial charge >= 0.3 is 0 Å². The molecule has 1 aromatic heterocycles. The number of nitrogens with zero attached hydrogens (tertiary/aromatic N) is 2. The van der Waals surface area contributed by atoms with E-state index in [0.717, 1.165) is 13.0 Å². The second kappa shape index (κ2) is 6.33. The van der Waals surface area contributed by atoms with Crippen LogP contribution in [0, 0.1) is 11.7 Å². The van der Waals surface area contributed by atoms with Gasteiger partial charge in [-0.3, -0.25) is 0 Å². The summed E-state index contributed by atoms with van der Waals surface area (Å²) in [6.45, 7) is 5.78. The Labute approximate surface area is 115 Å². The minimum Gasteiger partial charge on any atom is -0.357 e. The summed E-state index contributed by atoms with van der Waals surface area (Å²) in [7, 11) is 1.91. The Bertz CT molecular complexity index is 416. The average Bonchev–Trinajstić information content (AvgIpc) is 3.18. The van der Waals surface area contributed by atoms with Crippen molar-refractivity contribution in [3.8, 4) is 0 Å². The molecule has 0 aromatic carbocycles. The third-order valence-electron chi connectivity index (χ3n) is 3.51. The summed E-state index contributed by atoms with van der Waals surface area (Å²) in [5, 5.41) is 3.34. The van der Waals surface area contributed by atoms with Gasteiger partial charge in [0, 0.05) is 37.9 Å². The van der Waals surface area contributed by atoms with Crippen molar-refractivity contribution in [3.05, 3.63) is 23.6 Å². The normalized spacial score (nSPS) is 15.0. The van der Waals surface area contributed by atoms with Crippen molar-refractivity contribution >= 4 is 5.82 Å². The minimum atomic E-state index is -0.179. The molecule has 0 unspecified atom stereocenters. The smallest absolute Gasteiger partial charge is 0.170 e. The molecule has 1 saturated carbocycles. The molecule has 106 valence electrons. The van der Waals surface area contributed by atoms with E-state index in [1.807, 2.05) is 11.9 Å². The average molecular weight is 265 g/mol. The summed E-state index contributed by atoms with van der Waals surface area (Å²) in [5.41, 5.74) is 0.716. The zero-order valence-corrected chi connectivity index (χ0v) is 12.1. The third kappa shape index (κ3) is 4.16. The Morgan fingerprint density at radius 3 is 2.84 bits per heavy atom. The zero-order valence-electron chi connectivity index (χ0n) is 12.1. The van der Waals surface area contributed by atoms with Crippen LogP contribution in [0.4, 0.5) is 10.2 Å². The highest BCUT2D eigenvalue weighted by atomic mass is 19.1. The molecule has 0 amide bonds. The van der Waals surface area contributed by atoms with Gasteiger partial charge < -0.3 is 10.2 Å². The lowest BCUT2D eigenvalue weighted by molar-refractivity contribution is 0.558. The molecular weight excluding hydrogens is 241 g/mol. The molecule has 1 N–H and O–H groups in total. The highest BCUT2D eigenvalue weighted by Gasteiger charge is 2.21. The third-order valence-corrected chi connectivity index (χ3v) is 3.51. The number of halogens is 1. The van der Waals surface area contributed by atoms with Gasteiger partial charge in [-0.25, -0.2) is 9.37 Å². The van der Waals surface area contributed by atoms with Crippen molar-refractivity contribution in [2.45, 2.75) is 45.7 Å². The Kier molecular flexibility index (Phi) is 4.75. The number of anilines is 1. The lowest BCUT2D eigenvalue weighted by Gasteiger charge is -2.20. The van der Waals surface area contributed by atoms with Crippen molar-refractivity contribution in [1.82, 2.24) is 10.3 Å². The quantitative estimate of drug-likeness (QED) is 0.821. The van der Waals surface area contributed by atoms with Gasteiger partial charge in [0.2, 0.25) is 0 Å². The topological polar surface area (TPSA) is 28.2 Å². The molecule has 0 atom stereocenters. The van der Waals surface area contributed by atoms with Crippen LogP contribution in [0.5, 0.6) is 0 Å². The monoisotopic (exact) mass is 265 g/mol. The van der Waals surface area contributed by atoms with E-state index in [1.54, 1.807) is 12.3 Å². The first-order valence-corrected chi connectivity index (χ1v) is 7.16. The van der Waals surface area contributed by atoms with Gasteiger partial charge in [-0.1, -0.05) is 13.8 Å². The first-order chi connectivity index (χ1) is 9.08. The van der Waals surface area contributed by atoms with Crippen molar-refractivity contribution in [3.63, 3.8) is 0 Å². The second-order valence-corrected chi connectivity index (χ2v) is 5.87. The summed E-state index contributed by atoms with van der Waals surface area (Å²) < 4.78 is 14.4. The first kappa shape index (κ1) is 14.3. The summed E-state index contributed by atoms with van der Waals surface area (Å²) in [4.78, 5) is 6.10. The van der Waals surface area contributed by atoms with E-state index in [4.69, 9.17) is 0 Å². The van der Waals surface area contributed by atoms with E-state index in [1.165, 1.54) is 12.8 Å². The van der Waals surface area contributed by atoms with Gasteiger partial charge in [-0.15, -0.1) is 0 Å². The molecule has 4 heteroatoms. The van der Waals surface area contributed by atoms with Crippen LogP contribution in [0.15, 0.2) is 12.3 Å². The Morgan fingerprint density at radius 2 is 2.21 bits per heavy atom. The number of nitrogens with one attached hydrogen (secondary N) is 1. The standard InChI is InChI=1S/C15H24FN3/c1-11(2)7-9-19(3)15-14(16)12(6-8-17-15)10-18-13-4-5-13/h6,8,11,13,18H,4-5,7,9-10H2,1-3H3. The van der Waals surface area contributed by atoms with Crippen molar-refractivity contribution in [2.75, 3.05) is 18.5 Å². The largest absolute Gasteiger partial charge is 0.357 e. The molecule has 0 radical (unpaired) electrons. The van der Waals surface area contributed by atoms with Crippen LogP contribution in [-0.4, -0.2) is 24.6 Å². The van der Waals surface area contributed by atoms with Crippen LogP contribution >= 0.6 is 0 Å². The maximum atomic E-state index is 14.4. The number of hydrogen-bond acceptors (Lipinski definition) is 3. The molecule has 0 saturated heterocycles. The molecule has 3 nitrogen and oxygen atoms in total. The van der Waals surface area contributed by atoms with Gasteiger partial charge in [0.25, 0.3) is 0 Å². The van der Waals surface area contributed by atoms with E-state index in [9.17, 15) is 4.39 Å². The summed E-state index contributed by atoms with van der Waals surface area (Å²) in [6, 6.07) is 2.36. The number of aromatic nitrogens is 1. The Hall–Kier alpha value is -1.16. The maximum absolute atomic E-state index is 14.4. The fourth-order valence-corrected chi connectivity index (χ4v) is 1.97. The predicted octanol–water partition coefficient (Wildman–Crippen LogP) is 2.96. The van der Waals surface area contributed by atoms with Crippen molar-refractivity contribution in [2.24, 2.45) is 5.92 Å². The lowest BCUT2D eigenvalue weighted by atomic mass is 10.1. The van der Waals surface area contributed by atoms with E-state index >= 15 is 0 Å². The minimum absolute atomic E-state index is 0.179.